The molecule has 4 heterocycles. The molecule has 6 heteroatoms. The normalized spacial score (nSPS) is 10.8. The first-order chi connectivity index (χ1) is 17.5. The molecule has 0 aliphatic heterocycles. The summed E-state index contributed by atoms with van der Waals surface area (Å²) in [6, 6.07) is 24.6. The number of pyridine rings is 4. The van der Waals surface area contributed by atoms with Crippen LogP contribution in [0.1, 0.15) is 22.3 Å². The highest BCUT2D eigenvalue weighted by molar-refractivity contribution is 5.79. The van der Waals surface area contributed by atoms with Gasteiger partial charge in [0.2, 0.25) is 0 Å². The first kappa shape index (κ1) is 23.2. The molecule has 0 aliphatic rings. The van der Waals surface area contributed by atoms with Crippen LogP contribution in [0.5, 0.6) is 0 Å². The van der Waals surface area contributed by atoms with Crippen molar-refractivity contribution in [2.75, 3.05) is 9.80 Å². The molecule has 0 saturated carbocycles. The van der Waals surface area contributed by atoms with Crippen LogP contribution in [-0.4, -0.2) is 19.9 Å². The van der Waals surface area contributed by atoms with E-state index in [1.165, 1.54) is 0 Å². The molecule has 5 rings (SSSR count). The van der Waals surface area contributed by atoms with E-state index < -0.39 is 0 Å². The maximum absolute atomic E-state index is 4.68. The zero-order chi connectivity index (χ0) is 25.1. The molecular weight excluding hydrogens is 444 g/mol. The third-order valence-corrected chi connectivity index (χ3v) is 5.87. The van der Waals surface area contributed by atoms with Crippen molar-refractivity contribution in [2.45, 2.75) is 27.7 Å². The van der Waals surface area contributed by atoms with Crippen LogP contribution in [0.15, 0.2) is 97.6 Å². The maximum Gasteiger partial charge on any atom is 0.138 e. The number of hydrogen-bond donors (Lipinski definition) is 0. The summed E-state index contributed by atoms with van der Waals surface area (Å²) in [7, 11) is 0. The number of aryl methyl sites for hydroxylation is 4. The number of rotatable bonds is 6. The van der Waals surface area contributed by atoms with Crippen molar-refractivity contribution in [1.82, 2.24) is 19.9 Å². The van der Waals surface area contributed by atoms with Crippen LogP contribution in [0.4, 0.5) is 34.6 Å². The summed E-state index contributed by atoms with van der Waals surface area (Å²) in [5, 5.41) is 0. The molecular formula is C30H28N6. The van der Waals surface area contributed by atoms with Crippen LogP contribution < -0.4 is 9.80 Å². The van der Waals surface area contributed by atoms with Crippen molar-refractivity contribution in [3.8, 4) is 0 Å². The molecule has 6 nitrogen and oxygen atoms in total. The van der Waals surface area contributed by atoms with Crippen molar-refractivity contribution in [3.63, 3.8) is 0 Å². The lowest BCUT2D eigenvalue weighted by Gasteiger charge is -2.27. The largest absolute Gasteiger partial charge is 0.279 e. The number of hydrogen-bond acceptors (Lipinski definition) is 6. The molecule has 178 valence electrons. The molecule has 0 bridgehead atoms. The van der Waals surface area contributed by atoms with Crippen molar-refractivity contribution >= 4 is 34.6 Å². The van der Waals surface area contributed by atoms with Gasteiger partial charge in [0.1, 0.15) is 23.3 Å². The molecule has 0 N–H and O–H groups in total. The molecule has 0 aliphatic carbocycles. The Balaban J connectivity index is 1.69. The standard InChI is InChI=1S/C30H28N6/c1-21-8-12-31-27(16-21)35(28-17-22(2)9-13-32-28)25-6-5-7-26(20-25)36(29-18-23(3)10-14-33-29)30-19-24(4)11-15-34-30/h5-20H,1-4H3. The molecule has 1 aromatic carbocycles. The average Bonchev–Trinajstić information content (AvgIpc) is 2.85. The molecule has 4 aromatic heterocycles. The predicted molar refractivity (Wildman–Crippen MR) is 146 cm³/mol. The van der Waals surface area contributed by atoms with E-state index in [2.05, 4.69) is 99.9 Å². The molecule has 0 fully saturated rings. The Labute approximate surface area is 212 Å². The van der Waals surface area contributed by atoms with E-state index in [4.69, 9.17) is 0 Å². The van der Waals surface area contributed by atoms with Gasteiger partial charge in [0.05, 0.1) is 11.4 Å². The van der Waals surface area contributed by atoms with Crippen molar-refractivity contribution < 1.29 is 0 Å². The van der Waals surface area contributed by atoms with Gasteiger partial charge in [0, 0.05) is 24.8 Å². The summed E-state index contributed by atoms with van der Waals surface area (Å²) in [5.41, 5.74) is 6.39. The summed E-state index contributed by atoms with van der Waals surface area (Å²) in [6.45, 7) is 8.27. The lowest BCUT2D eigenvalue weighted by atomic mass is 10.2. The fourth-order valence-corrected chi connectivity index (χ4v) is 4.11. The summed E-state index contributed by atoms with van der Waals surface area (Å²) in [6.07, 6.45) is 7.32. The van der Waals surface area contributed by atoms with Gasteiger partial charge in [-0.05, 0) is 117 Å². The third-order valence-electron chi connectivity index (χ3n) is 5.87. The van der Waals surface area contributed by atoms with E-state index in [0.717, 1.165) is 56.9 Å². The predicted octanol–water partition coefficient (Wildman–Crippen LogP) is 7.44. The Morgan fingerprint density at radius 2 is 0.722 bits per heavy atom. The highest BCUT2D eigenvalue weighted by atomic mass is 15.3. The van der Waals surface area contributed by atoms with E-state index in [0.29, 0.717) is 0 Å². The maximum atomic E-state index is 4.68. The van der Waals surface area contributed by atoms with Crippen molar-refractivity contribution in [2.24, 2.45) is 0 Å². The molecule has 0 saturated heterocycles. The van der Waals surface area contributed by atoms with Crippen LogP contribution in [0.3, 0.4) is 0 Å². The lowest BCUT2D eigenvalue weighted by Crippen LogP contribution is -2.16. The van der Waals surface area contributed by atoms with Crippen LogP contribution in [0.2, 0.25) is 0 Å². The second-order valence-electron chi connectivity index (χ2n) is 8.96. The van der Waals surface area contributed by atoms with Crippen LogP contribution in [0.25, 0.3) is 0 Å². The van der Waals surface area contributed by atoms with E-state index in [1.54, 1.807) is 0 Å². The van der Waals surface area contributed by atoms with E-state index >= 15 is 0 Å². The van der Waals surface area contributed by atoms with E-state index in [1.807, 2.05) is 55.1 Å². The number of nitrogens with zero attached hydrogens (tertiary/aromatic N) is 6. The minimum Gasteiger partial charge on any atom is -0.279 e. The second kappa shape index (κ2) is 9.96. The van der Waals surface area contributed by atoms with Gasteiger partial charge in [-0.25, -0.2) is 19.9 Å². The van der Waals surface area contributed by atoms with Crippen LogP contribution in [-0.2, 0) is 0 Å². The minimum absolute atomic E-state index is 0.805. The summed E-state index contributed by atoms with van der Waals surface area (Å²) >= 11 is 0. The van der Waals surface area contributed by atoms with Gasteiger partial charge in [0.15, 0.2) is 0 Å². The molecule has 0 unspecified atom stereocenters. The third kappa shape index (κ3) is 4.93. The highest BCUT2D eigenvalue weighted by Gasteiger charge is 2.20. The topological polar surface area (TPSA) is 58.0 Å². The molecule has 0 amide bonds. The molecule has 36 heavy (non-hydrogen) atoms. The average molecular weight is 473 g/mol. The lowest BCUT2D eigenvalue weighted by molar-refractivity contribution is 1.09. The number of anilines is 6. The van der Waals surface area contributed by atoms with E-state index in [9.17, 15) is 0 Å². The first-order valence-corrected chi connectivity index (χ1v) is 11.9. The zero-order valence-electron chi connectivity index (χ0n) is 20.9. The fourth-order valence-electron chi connectivity index (χ4n) is 4.11. The van der Waals surface area contributed by atoms with E-state index in [-0.39, 0.29) is 0 Å². The van der Waals surface area contributed by atoms with Gasteiger partial charge in [-0.1, -0.05) is 6.07 Å². The van der Waals surface area contributed by atoms with Gasteiger partial charge < -0.3 is 0 Å². The minimum atomic E-state index is 0.805. The zero-order valence-corrected chi connectivity index (χ0v) is 20.9. The number of benzene rings is 1. The van der Waals surface area contributed by atoms with Gasteiger partial charge in [-0.3, -0.25) is 9.80 Å². The van der Waals surface area contributed by atoms with Crippen LogP contribution in [0, 0.1) is 27.7 Å². The quantitative estimate of drug-likeness (QED) is 0.256. The summed E-state index contributed by atoms with van der Waals surface area (Å²) in [5.74, 6) is 3.22. The van der Waals surface area contributed by atoms with Gasteiger partial charge in [-0.15, -0.1) is 0 Å². The monoisotopic (exact) mass is 472 g/mol. The van der Waals surface area contributed by atoms with Gasteiger partial charge >= 0.3 is 0 Å². The smallest absolute Gasteiger partial charge is 0.138 e. The molecule has 0 atom stereocenters. The Bertz CT molecular complexity index is 1310. The Morgan fingerprint density at radius 1 is 0.417 bits per heavy atom. The molecule has 0 radical (unpaired) electrons. The van der Waals surface area contributed by atoms with Gasteiger partial charge in [0.25, 0.3) is 0 Å². The Hall–Kier alpha value is -4.58. The van der Waals surface area contributed by atoms with Crippen molar-refractivity contribution in [1.29, 1.82) is 0 Å². The Kier molecular flexibility index (Phi) is 6.41. The summed E-state index contributed by atoms with van der Waals surface area (Å²) in [4.78, 5) is 22.9. The number of aromatic nitrogens is 4. The van der Waals surface area contributed by atoms with Gasteiger partial charge in [-0.2, -0.15) is 0 Å². The first-order valence-electron chi connectivity index (χ1n) is 11.9. The molecule has 5 aromatic rings. The summed E-state index contributed by atoms with van der Waals surface area (Å²) < 4.78 is 0. The highest BCUT2D eigenvalue weighted by Crippen LogP contribution is 2.38. The second-order valence-corrected chi connectivity index (χ2v) is 8.96. The fraction of sp³-hybridized carbons (Fsp3) is 0.133. The molecule has 0 spiro atoms. The van der Waals surface area contributed by atoms with Crippen LogP contribution >= 0.6 is 0 Å². The SMILES string of the molecule is Cc1ccnc(N(c2cccc(N(c3cc(C)ccn3)c3cc(C)ccn3)c2)c2cc(C)ccn2)c1. The Morgan fingerprint density at radius 3 is 1.00 bits per heavy atom. The van der Waals surface area contributed by atoms with Crippen molar-refractivity contribution in [3.05, 3.63) is 120 Å².